The van der Waals surface area contributed by atoms with Crippen molar-refractivity contribution >= 4 is 33.2 Å². The summed E-state index contributed by atoms with van der Waals surface area (Å²) in [5, 5.41) is 6.00. The second-order valence-electron chi connectivity index (χ2n) is 8.13. The molecule has 0 atom stereocenters. The Hall–Kier alpha value is -2.91. The lowest BCUT2D eigenvalue weighted by Gasteiger charge is -2.34. The fourth-order valence-electron chi connectivity index (χ4n) is 3.38. The molecule has 0 aromatic heterocycles. The summed E-state index contributed by atoms with van der Waals surface area (Å²) in [6.07, 6.45) is 0. The van der Waals surface area contributed by atoms with Crippen LogP contribution in [-0.2, 0) is 19.6 Å². The molecule has 0 radical (unpaired) electrons. The van der Waals surface area contributed by atoms with Crippen molar-refractivity contribution in [3.63, 3.8) is 0 Å². The molecule has 2 aromatic rings. The van der Waals surface area contributed by atoms with Gasteiger partial charge in [0.05, 0.1) is 11.4 Å². The van der Waals surface area contributed by atoms with Gasteiger partial charge in [0.15, 0.2) is 0 Å². The van der Waals surface area contributed by atoms with Crippen LogP contribution in [0, 0.1) is 12.8 Å². The number of hydrogen-bond donors (Lipinski definition) is 2. The van der Waals surface area contributed by atoms with Gasteiger partial charge in [0.2, 0.25) is 21.8 Å². The van der Waals surface area contributed by atoms with Gasteiger partial charge in [-0.1, -0.05) is 38.1 Å². The van der Waals surface area contributed by atoms with Crippen LogP contribution in [0.4, 0.5) is 11.4 Å². The van der Waals surface area contributed by atoms with Crippen LogP contribution in [0.25, 0.3) is 0 Å². The second-order valence-corrected chi connectivity index (χ2v) is 10.1. The van der Waals surface area contributed by atoms with Crippen molar-refractivity contribution in [2.24, 2.45) is 5.92 Å². The SMILES string of the molecule is Cc1ccc(NC(=O)C(C)C)cc1NCC(=O)N1CCN(S(=O)(=O)c2ccccc2)CC1. The second kappa shape index (κ2) is 10.1. The normalized spacial score (nSPS) is 14.9. The van der Waals surface area contributed by atoms with Crippen molar-refractivity contribution < 1.29 is 18.0 Å². The number of carbonyl (C=O) groups is 2. The van der Waals surface area contributed by atoms with Crippen molar-refractivity contribution in [2.75, 3.05) is 43.4 Å². The summed E-state index contributed by atoms with van der Waals surface area (Å²) in [5.41, 5.74) is 2.40. The molecule has 0 saturated carbocycles. The van der Waals surface area contributed by atoms with Crippen LogP contribution in [0.3, 0.4) is 0 Å². The van der Waals surface area contributed by atoms with Gasteiger partial charge >= 0.3 is 0 Å². The minimum Gasteiger partial charge on any atom is -0.376 e. The first-order chi connectivity index (χ1) is 15.2. The van der Waals surface area contributed by atoms with Crippen LogP contribution in [0.1, 0.15) is 19.4 Å². The van der Waals surface area contributed by atoms with Gasteiger partial charge in [-0.25, -0.2) is 8.42 Å². The third-order valence-corrected chi connectivity index (χ3v) is 7.34. The number of nitrogens with zero attached hydrogens (tertiary/aromatic N) is 2. The number of sulfonamides is 1. The summed E-state index contributed by atoms with van der Waals surface area (Å²) >= 11 is 0. The summed E-state index contributed by atoms with van der Waals surface area (Å²) in [6, 6.07) is 13.9. The van der Waals surface area contributed by atoms with E-state index < -0.39 is 10.0 Å². The molecule has 3 rings (SSSR count). The number of aryl methyl sites for hydroxylation is 1. The van der Waals surface area contributed by atoms with Crippen LogP contribution in [0.5, 0.6) is 0 Å². The summed E-state index contributed by atoms with van der Waals surface area (Å²) < 4.78 is 26.9. The highest BCUT2D eigenvalue weighted by molar-refractivity contribution is 7.89. The van der Waals surface area contributed by atoms with E-state index in [1.54, 1.807) is 35.2 Å². The maximum absolute atomic E-state index is 12.7. The Morgan fingerprint density at radius 1 is 1.00 bits per heavy atom. The number of carbonyl (C=O) groups excluding carboxylic acids is 2. The molecule has 9 heteroatoms. The number of nitrogens with one attached hydrogen (secondary N) is 2. The van der Waals surface area contributed by atoms with Crippen molar-refractivity contribution in [2.45, 2.75) is 25.7 Å². The lowest BCUT2D eigenvalue weighted by molar-refractivity contribution is -0.130. The molecule has 1 saturated heterocycles. The molecular weight excluding hydrogens is 428 g/mol. The van der Waals surface area contributed by atoms with Gasteiger partial charge in [-0.05, 0) is 36.8 Å². The van der Waals surface area contributed by atoms with Gasteiger partial charge in [-0.15, -0.1) is 0 Å². The fourth-order valence-corrected chi connectivity index (χ4v) is 4.82. The zero-order valence-corrected chi connectivity index (χ0v) is 19.5. The predicted molar refractivity (Wildman–Crippen MR) is 125 cm³/mol. The largest absolute Gasteiger partial charge is 0.376 e. The first kappa shape index (κ1) is 23.7. The summed E-state index contributed by atoms with van der Waals surface area (Å²) in [4.78, 5) is 26.6. The molecule has 2 N–H and O–H groups in total. The molecule has 172 valence electrons. The molecule has 0 aliphatic carbocycles. The maximum atomic E-state index is 12.7. The number of piperazine rings is 1. The summed E-state index contributed by atoms with van der Waals surface area (Å²) in [5.74, 6) is -0.296. The van der Waals surface area contributed by atoms with E-state index in [0.29, 0.717) is 18.8 Å². The molecule has 1 aliphatic rings. The molecular formula is C23H30N4O4S. The van der Waals surface area contributed by atoms with Crippen LogP contribution in [0.15, 0.2) is 53.4 Å². The Labute approximate surface area is 189 Å². The Kier molecular flexibility index (Phi) is 7.52. The van der Waals surface area contributed by atoms with Gasteiger partial charge in [0.25, 0.3) is 0 Å². The molecule has 0 bridgehead atoms. The number of anilines is 2. The van der Waals surface area contributed by atoms with E-state index in [4.69, 9.17) is 0 Å². The predicted octanol–water partition coefficient (Wildman–Crippen LogP) is 2.53. The van der Waals surface area contributed by atoms with E-state index in [9.17, 15) is 18.0 Å². The number of benzene rings is 2. The van der Waals surface area contributed by atoms with E-state index in [1.807, 2.05) is 39.0 Å². The lowest BCUT2D eigenvalue weighted by Crippen LogP contribution is -2.51. The molecule has 0 spiro atoms. The Morgan fingerprint density at radius 3 is 2.28 bits per heavy atom. The molecule has 1 fully saturated rings. The number of amides is 2. The quantitative estimate of drug-likeness (QED) is 0.664. The first-order valence-electron chi connectivity index (χ1n) is 10.7. The van der Waals surface area contributed by atoms with E-state index in [-0.39, 0.29) is 42.3 Å². The van der Waals surface area contributed by atoms with Gasteiger partial charge in [-0.2, -0.15) is 4.31 Å². The Morgan fingerprint density at radius 2 is 1.66 bits per heavy atom. The summed E-state index contributed by atoms with van der Waals surface area (Å²) in [7, 11) is -3.55. The van der Waals surface area contributed by atoms with E-state index in [1.165, 1.54) is 4.31 Å². The first-order valence-corrected chi connectivity index (χ1v) is 12.1. The molecule has 0 unspecified atom stereocenters. The molecule has 32 heavy (non-hydrogen) atoms. The van der Waals surface area contributed by atoms with Gasteiger partial charge < -0.3 is 15.5 Å². The molecule has 1 aliphatic heterocycles. The van der Waals surface area contributed by atoms with Crippen LogP contribution < -0.4 is 10.6 Å². The van der Waals surface area contributed by atoms with E-state index in [2.05, 4.69) is 10.6 Å². The van der Waals surface area contributed by atoms with Gasteiger partial charge in [0, 0.05) is 43.5 Å². The van der Waals surface area contributed by atoms with Gasteiger partial charge in [-0.3, -0.25) is 9.59 Å². The van der Waals surface area contributed by atoms with Crippen LogP contribution in [0.2, 0.25) is 0 Å². The van der Waals surface area contributed by atoms with Crippen LogP contribution >= 0.6 is 0 Å². The minimum atomic E-state index is -3.55. The minimum absolute atomic E-state index is 0.0702. The van der Waals surface area contributed by atoms with Crippen LogP contribution in [-0.4, -0.2) is 62.2 Å². The average Bonchev–Trinajstić information content (AvgIpc) is 2.79. The highest BCUT2D eigenvalue weighted by atomic mass is 32.2. The van der Waals surface area contributed by atoms with Gasteiger partial charge in [0.1, 0.15) is 0 Å². The third-order valence-electron chi connectivity index (χ3n) is 5.43. The summed E-state index contributed by atoms with van der Waals surface area (Å²) in [6.45, 7) is 6.88. The highest BCUT2D eigenvalue weighted by Crippen LogP contribution is 2.21. The maximum Gasteiger partial charge on any atom is 0.243 e. The average molecular weight is 459 g/mol. The Balaban J connectivity index is 1.55. The number of rotatable bonds is 7. The van der Waals surface area contributed by atoms with Crippen molar-refractivity contribution in [3.8, 4) is 0 Å². The topological polar surface area (TPSA) is 98.8 Å². The fraction of sp³-hybridized carbons (Fsp3) is 0.391. The zero-order chi connectivity index (χ0) is 23.3. The van der Waals surface area contributed by atoms with E-state index in [0.717, 1.165) is 11.3 Å². The smallest absolute Gasteiger partial charge is 0.243 e. The standard InChI is InChI=1S/C23H30N4O4S/c1-17(2)23(29)25-19-10-9-18(3)21(15-19)24-16-22(28)26-11-13-27(14-12-26)32(30,31)20-7-5-4-6-8-20/h4-10,15,17,24H,11-14,16H2,1-3H3,(H,25,29). The van der Waals surface area contributed by atoms with Crippen molar-refractivity contribution in [1.82, 2.24) is 9.21 Å². The molecule has 8 nitrogen and oxygen atoms in total. The monoisotopic (exact) mass is 458 g/mol. The molecule has 1 heterocycles. The molecule has 2 amide bonds. The number of hydrogen-bond acceptors (Lipinski definition) is 5. The zero-order valence-electron chi connectivity index (χ0n) is 18.7. The highest BCUT2D eigenvalue weighted by Gasteiger charge is 2.29. The third kappa shape index (κ3) is 5.66. The van der Waals surface area contributed by atoms with Crippen molar-refractivity contribution in [1.29, 1.82) is 0 Å². The van der Waals surface area contributed by atoms with E-state index >= 15 is 0 Å². The lowest BCUT2D eigenvalue weighted by atomic mass is 10.1. The van der Waals surface area contributed by atoms with Crippen molar-refractivity contribution in [3.05, 3.63) is 54.1 Å². The Bertz CT molecular complexity index is 1060. The molecule has 2 aromatic carbocycles.